The topological polar surface area (TPSA) is 84.4 Å². The smallest absolute Gasteiger partial charge is 0.273 e. The fourth-order valence-corrected chi connectivity index (χ4v) is 4.12. The predicted octanol–water partition coefficient (Wildman–Crippen LogP) is 1.48. The van der Waals surface area contributed by atoms with E-state index >= 15 is 0 Å². The normalized spacial score (nSPS) is 20.8. The molecule has 0 radical (unpaired) electrons. The van der Waals surface area contributed by atoms with Gasteiger partial charge in [0.1, 0.15) is 11.3 Å². The van der Waals surface area contributed by atoms with Crippen LogP contribution in [0.2, 0.25) is 0 Å². The maximum Gasteiger partial charge on any atom is 0.273 e. The largest absolute Gasteiger partial charge is 0.371 e. The Morgan fingerprint density at radius 2 is 2.15 bits per heavy atom. The second kappa shape index (κ2) is 7.13. The van der Waals surface area contributed by atoms with Crippen LogP contribution in [0.4, 0.5) is 0 Å². The molecule has 8 heteroatoms. The number of aromatic nitrogens is 2. The minimum absolute atomic E-state index is 0.0298. The predicted molar refractivity (Wildman–Crippen MR) is 95.5 cm³/mol. The molecule has 1 N–H and O–H groups in total. The maximum absolute atomic E-state index is 12.3. The van der Waals surface area contributed by atoms with Crippen molar-refractivity contribution < 1.29 is 14.3 Å². The fraction of sp³-hybridized carbons (Fsp3) is 0.444. The molecule has 26 heavy (non-hydrogen) atoms. The molecule has 2 aromatic rings. The van der Waals surface area contributed by atoms with E-state index in [1.165, 1.54) is 11.3 Å². The number of rotatable bonds is 5. The number of likely N-dealkylation sites (tertiary alicyclic amines) is 1. The van der Waals surface area contributed by atoms with E-state index in [2.05, 4.69) is 15.3 Å². The molecule has 0 bridgehead atoms. The molecule has 2 saturated heterocycles. The van der Waals surface area contributed by atoms with Crippen LogP contribution in [0.25, 0.3) is 0 Å². The van der Waals surface area contributed by atoms with Crippen LogP contribution >= 0.6 is 11.3 Å². The zero-order valence-electron chi connectivity index (χ0n) is 14.3. The van der Waals surface area contributed by atoms with Crippen LogP contribution in [0.5, 0.6) is 0 Å². The molecule has 2 fully saturated rings. The second-order valence-electron chi connectivity index (χ2n) is 6.94. The Morgan fingerprint density at radius 3 is 2.88 bits per heavy atom. The van der Waals surface area contributed by atoms with Gasteiger partial charge in [0.05, 0.1) is 25.2 Å². The van der Waals surface area contributed by atoms with E-state index in [9.17, 15) is 9.59 Å². The number of pyridine rings is 1. The lowest BCUT2D eigenvalue weighted by atomic mass is 9.85. The minimum atomic E-state index is -0.276. The Morgan fingerprint density at radius 1 is 1.35 bits per heavy atom. The second-order valence-corrected chi connectivity index (χ2v) is 7.65. The number of hydrogen-bond donors (Lipinski definition) is 1. The molecule has 136 valence electrons. The van der Waals surface area contributed by atoms with Gasteiger partial charge in [-0.05, 0) is 30.0 Å². The number of hydrogen-bond acceptors (Lipinski definition) is 6. The van der Waals surface area contributed by atoms with E-state index in [1.54, 1.807) is 28.2 Å². The molecule has 4 rings (SSSR count). The Labute approximate surface area is 155 Å². The van der Waals surface area contributed by atoms with Crippen LogP contribution in [0.3, 0.4) is 0 Å². The van der Waals surface area contributed by atoms with Crippen molar-refractivity contribution in [2.75, 3.05) is 19.7 Å². The van der Waals surface area contributed by atoms with Gasteiger partial charge in [-0.25, -0.2) is 4.98 Å². The first-order valence-electron chi connectivity index (χ1n) is 8.61. The lowest BCUT2D eigenvalue weighted by Crippen LogP contribution is -2.63. The molecule has 0 aromatic carbocycles. The lowest BCUT2D eigenvalue weighted by molar-refractivity contribution is -0.122. The Bertz CT molecular complexity index is 775. The molecule has 1 atom stereocenters. The van der Waals surface area contributed by atoms with Gasteiger partial charge in [0.2, 0.25) is 5.91 Å². The number of amides is 2. The maximum atomic E-state index is 12.3. The van der Waals surface area contributed by atoms with Gasteiger partial charge in [-0.3, -0.25) is 14.6 Å². The Kier molecular flexibility index (Phi) is 4.69. The number of nitrogens with one attached hydrogen (secondary N) is 1. The van der Waals surface area contributed by atoms with Gasteiger partial charge in [0.25, 0.3) is 5.91 Å². The number of carbonyl (C=O) groups is 2. The van der Waals surface area contributed by atoms with E-state index in [1.807, 2.05) is 12.1 Å². The van der Waals surface area contributed by atoms with Crippen molar-refractivity contribution in [1.82, 2.24) is 20.2 Å². The zero-order chi connectivity index (χ0) is 18.0. The summed E-state index contributed by atoms with van der Waals surface area (Å²) in [6, 6.07) is 3.77. The first-order chi connectivity index (χ1) is 12.6. The first-order valence-corrected chi connectivity index (χ1v) is 9.55. The van der Waals surface area contributed by atoms with Crippen LogP contribution < -0.4 is 5.32 Å². The molecule has 1 spiro atoms. The van der Waals surface area contributed by atoms with Crippen LogP contribution in [-0.2, 0) is 16.1 Å². The van der Waals surface area contributed by atoms with Crippen LogP contribution in [0.1, 0.15) is 28.9 Å². The Balaban J connectivity index is 1.22. The van der Waals surface area contributed by atoms with E-state index in [0.29, 0.717) is 38.4 Å². The summed E-state index contributed by atoms with van der Waals surface area (Å²) in [4.78, 5) is 34.2. The van der Waals surface area contributed by atoms with E-state index in [4.69, 9.17) is 4.74 Å². The molecule has 7 nitrogen and oxygen atoms in total. The molecule has 2 aromatic heterocycles. The molecule has 1 unspecified atom stereocenters. The third-order valence-corrected chi connectivity index (χ3v) is 5.48. The van der Waals surface area contributed by atoms with Gasteiger partial charge in [-0.1, -0.05) is 0 Å². The molecule has 2 amide bonds. The van der Waals surface area contributed by atoms with Gasteiger partial charge >= 0.3 is 0 Å². The van der Waals surface area contributed by atoms with Gasteiger partial charge in [-0.15, -0.1) is 11.3 Å². The summed E-state index contributed by atoms with van der Waals surface area (Å²) in [6.07, 6.45) is 4.69. The summed E-state index contributed by atoms with van der Waals surface area (Å²) in [5, 5.41) is 4.70. The summed E-state index contributed by atoms with van der Waals surface area (Å²) in [7, 11) is 0. The summed E-state index contributed by atoms with van der Waals surface area (Å²) < 4.78 is 5.95. The Hall–Kier alpha value is -2.32. The van der Waals surface area contributed by atoms with Crippen molar-refractivity contribution >= 4 is 23.2 Å². The summed E-state index contributed by atoms with van der Waals surface area (Å²) in [5.41, 5.74) is 2.91. The molecular formula is C18H20N4O3S. The fourth-order valence-electron chi connectivity index (χ4n) is 3.60. The first kappa shape index (κ1) is 17.1. The van der Waals surface area contributed by atoms with Crippen molar-refractivity contribution in [2.45, 2.75) is 25.0 Å². The van der Waals surface area contributed by atoms with Gasteiger partial charge < -0.3 is 15.0 Å². The average Bonchev–Trinajstić information content (AvgIpc) is 3.29. The van der Waals surface area contributed by atoms with Crippen molar-refractivity contribution in [2.24, 2.45) is 5.92 Å². The van der Waals surface area contributed by atoms with E-state index < -0.39 is 0 Å². The average molecular weight is 372 g/mol. The SMILES string of the molecule is O=C(CC1COC2(C1)CN(C(=O)c1cscn1)C2)NCc1ccncc1. The van der Waals surface area contributed by atoms with Gasteiger partial charge in [0.15, 0.2) is 0 Å². The zero-order valence-corrected chi connectivity index (χ0v) is 15.1. The lowest BCUT2D eigenvalue weighted by Gasteiger charge is -2.46. The van der Waals surface area contributed by atoms with Gasteiger partial charge in [-0.2, -0.15) is 0 Å². The van der Waals surface area contributed by atoms with Gasteiger partial charge in [0, 0.05) is 30.7 Å². The summed E-state index contributed by atoms with van der Waals surface area (Å²) in [5.74, 6) is 0.185. The highest BCUT2D eigenvalue weighted by molar-refractivity contribution is 7.07. The number of nitrogens with zero attached hydrogens (tertiary/aromatic N) is 3. The van der Waals surface area contributed by atoms with Crippen molar-refractivity contribution in [3.05, 3.63) is 46.7 Å². The summed E-state index contributed by atoms with van der Waals surface area (Å²) in [6.45, 7) is 2.24. The standard InChI is InChI=1S/C18H20N4O3S/c23-16(20-7-13-1-3-19-4-2-13)5-14-6-18(25-8-14)10-22(11-18)17(24)15-9-26-12-21-15/h1-4,9,12,14H,5-8,10-11H2,(H,20,23). The van der Waals surface area contributed by atoms with Crippen molar-refractivity contribution in [3.8, 4) is 0 Å². The quantitative estimate of drug-likeness (QED) is 0.859. The third kappa shape index (κ3) is 3.61. The van der Waals surface area contributed by atoms with Crippen LogP contribution in [-0.4, -0.2) is 52.0 Å². The monoisotopic (exact) mass is 372 g/mol. The molecule has 2 aliphatic rings. The van der Waals surface area contributed by atoms with E-state index in [0.717, 1.165) is 12.0 Å². The van der Waals surface area contributed by atoms with Crippen molar-refractivity contribution in [1.29, 1.82) is 0 Å². The highest BCUT2D eigenvalue weighted by atomic mass is 32.1. The number of thiazole rings is 1. The molecule has 2 aliphatic heterocycles. The summed E-state index contributed by atoms with van der Waals surface area (Å²) >= 11 is 1.42. The molecule has 0 saturated carbocycles. The third-order valence-electron chi connectivity index (χ3n) is 4.90. The number of carbonyl (C=O) groups excluding carboxylic acids is 2. The highest BCUT2D eigenvalue weighted by Crippen LogP contribution is 2.39. The molecule has 0 aliphatic carbocycles. The van der Waals surface area contributed by atoms with Crippen LogP contribution in [0, 0.1) is 5.92 Å². The minimum Gasteiger partial charge on any atom is -0.371 e. The number of ether oxygens (including phenoxy) is 1. The van der Waals surface area contributed by atoms with E-state index in [-0.39, 0.29) is 23.3 Å². The van der Waals surface area contributed by atoms with Crippen LogP contribution in [0.15, 0.2) is 35.4 Å². The van der Waals surface area contributed by atoms with Crippen molar-refractivity contribution in [3.63, 3.8) is 0 Å². The molecular weight excluding hydrogens is 352 g/mol. The highest BCUT2D eigenvalue weighted by Gasteiger charge is 2.51. The molecule has 4 heterocycles.